The summed E-state index contributed by atoms with van der Waals surface area (Å²) in [5.74, 6) is 0.993. The second kappa shape index (κ2) is 5.20. The second-order valence-corrected chi connectivity index (χ2v) is 5.37. The van der Waals surface area contributed by atoms with Gasteiger partial charge in [0.15, 0.2) is 5.82 Å². The molecule has 1 aliphatic rings. The van der Waals surface area contributed by atoms with Crippen LogP contribution >= 0.6 is 0 Å². The van der Waals surface area contributed by atoms with Crippen LogP contribution < -0.4 is 10.2 Å². The highest BCUT2D eigenvalue weighted by molar-refractivity contribution is 5.56. The molecule has 2 aromatic rings. The molecule has 1 aromatic carbocycles. The molecule has 5 nitrogen and oxygen atoms in total. The molecular weight excluding hydrogens is 257 g/mol. The summed E-state index contributed by atoms with van der Waals surface area (Å²) in [5, 5.41) is 10.6. The van der Waals surface area contributed by atoms with Gasteiger partial charge < -0.3 is 10.2 Å². The summed E-state index contributed by atoms with van der Waals surface area (Å²) in [4.78, 5) is 6.62. The standard InChI is InChI=1S/C14H18FN5/c1-9-7-20(8-10(2)16-9)14-17-13(18-19-14)11-4-3-5-12(15)6-11/h3-6,9-10,16H,7-8H2,1-2H3,(H,17,18,19). The molecule has 0 saturated carbocycles. The number of aromatic nitrogens is 3. The molecule has 0 bridgehead atoms. The monoisotopic (exact) mass is 275 g/mol. The van der Waals surface area contributed by atoms with E-state index in [1.807, 2.05) is 6.07 Å². The van der Waals surface area contributed by atoms with Crippen LogP contribution in [0, 0.1) is 5.82 Å². The van der Waals surface area contributed by atoms with Crippen molar-refractivity contribution in [2.75, 3.05) is 18.0 Å². The van der Waals surface area contributed by atoms with Gasteiger partial charge in [-0.2, -0.15) is 4.98 Å². The Labute approximate surface area is 117 Å². The number of rotatable bonds is 2. The first-order valence-corrected chi connectivity index (χ1v) is 6.81. The van der Waals surface area contributed by atoms with Crippen molar-refractivity contribution in [1.29, 1.82) is 0 Å². The molecule has 0 aliphatic carbocycles. The fraction of sp³-hybridized carbons (Fsp3) is 0.429. The van der Waals surface area contributed by atoms with Gasteiger partial charge in [0.1, 0.15) is 5.82 Å². The third kappa shape index (κ3) is 2.65. The lowest BCUT2D eigenvalue weighted by atomic mass is 10.1. The van der Waals surface area contributed by atoms with Gasteiger partial charge in [-0.1, -0.05) is 12.1 Å². The molecule has 106 valence electrons. The van der Waals surface area contributed by atoms with E-state index in [-0.39, 0.29) is 5.82 Å². The molecule has 2 N–H and O–H groups in total. The van der Waals surface area contributed by atoms with Crippen LogP contribution in [0.4, 0.5) is 10.3 Å². The molecule has 2 unspecified atom stereocenters. The summed E-state index contributed by atoms with van der Waals surface area (Å²) in [6.45, 7) is 6.02. The Balaban J connectivity index is 1.83. The quantitative estimate of drug-likeness (QED) is 0.877. The number of hydrogen-bond donors (Lipinski definition) is 2. The third-order valence-corrected chi connectivity index (χ3v) is 3.41. The highest BCUT2D eigenvalue weighted by Gasteiger charge is 2.23. The lowest BCUT2D eigenvalue weighted by Crippen LogP contribution is -2.54. The molecule has 2 atom stereocenters. The first kappa shape index (κ1) is 13.1. The fourth-order valence-electron chi connectivity index (χ4n) is 2.65. The maximum atomic E-state index is 13.2. The first-order chi connectivity index (χ1) is 9.61. The maximum absolute atomic E-state index is 13.2. The van der Waals surface area contributed by atoms with E-state index in [0.29, 0.717) is 29.4 Å². The number of aromatic amines is 1. The van der Waals surface area contributed by atoms with Gasteiger partial charge in [-0.25, -0.2) is 4.39 Å². The van der Waals surface area contributed by atoms with Crippen molar-refractivity contribution < 1.29 is 4.39 Å². The van der Waals surface area contributed by atoms with Crippen LogP contribution in [0.2, 0.25) is 0 Å². The molecule has 1 aromatic heterocycles. The lowest BCUT2D eigenvalue weighted by Gasteiger charge is -2.35. The Morgan fingerprint density at radius 2 is 2.00 bits per heavy atom. The summed E-state index contributed by atoms with van der Waals surface area (Å²) in [6, 6.07) is 7.15. The number of halogens is 1. The smallest absolute Gasteiger partial charge is 0.245 e. The van der Waals surface area contributed by atoms with Gasteiger partial charge >= 0.3 is 0 Å². The highest BCUT2D eigenvalue weighted by Crippen LogP contribution is 2.19. The van der Waals surface area contributed by atoms with Crippen molar-refractivity contribution in [3.63, 3.8) is 0 Å². The molecular formula is C14H18FN5. The predicted octanol–water partition coefficient (Wildman–Crippen LogP) is 1.80. The second-order valence-electron chi connectivity index (χ2n) is 5.37. The fourth-order valence-corrected chi connectivity index (χ4v) is 2.65. The summed E-state index contributed by atoms with van der Waals surface area (Å²) in [6.07, 6.45) is 0. The molecule has 0 radical (unpaired) electrons. The average molecular weight is 275 g/mol. The zero-order chi connectivity index (χ0) is 14.1. The van der Waals surface area contributed by atoms with Gasteiger partial charge in [-0.05, 0) is 26.0 Å². The van der Waals surface area contributed by atoms with Gasteiger partial charge in [0.2, 0.25) is 5.95 Å². The van der Waals surface area contributed by atoms with Gasteiger partial charge in [0, 0.05) is 30.7 Å². The lowest BCUT2D eigenvalue weighted by molar-refractivity contribution is 0.403. The van der Waals surface area contributed by atoms with Crippen molar-refractivity contribution in [2.45, 2.75) is 25.9 Å². The van der Waals surface area contributed by atoms with Gasteiger partial charge in [-0.15, -0.1) is 5.10 Å². The van der Waals surface area contributed by atoms with E-state index in [1.54, 1.807) is 6.07 Å². The molecule has 1 aliphatic heterocycles. The summed E-state index contributed by atoms with van der Waals surface area (Å²) < 4.78 is 13.2. The van der Waals surface area contributed by atoms with Crippen LogP contribution in [-0.2, 0) is 0 Å². The molecule has 6 heteroatoms. The minimum absolute atomic E-state index is 0.273. The molecule has 0 amide bonds. The number of benzene rings is 1. The highest BCUT2D eigenvalue weighted by atomic mass is 19.1. The van der Waals surface area contributed by atoms with Crippen molar-refractivity contribution >= 4 is 5.95 Å². The van der Waals surface area contributed by atoms with E-state index in [0.717, 1.165) is 13.1 Å². The third-order valence-electron chi connectivity index (χ3n) is 3.41. The Morgan fingerprint density at radius 3 is 2.70 bits per heavy atom. The average Bonchev–Trinajstić information content (AvgIpc) is 2.87. The SMILES string of the molecule is CC1CN(c2n[nH]c(-c3cccc(F)c3)n2)CC(C)N1. The molecule has 0 spiro atoms. The van der Waals surface area contributed by atoms with Crippen molar-refractivity contribution in [3.8, 4) is 11.4 Å². The van der Waals surface area contributed by atoms with Crippen molar-refractivity contribution in [3.05, 3.63) is 30.1 Å². The number of piperazine rings is 1. The van der Waals surface area contributed by atoms with E-state index in [1.165, 1.54) is 12.1 Å². The minimum Gasteiger partial charge on any atom is -0.336 e. The Kier molecular flexibility index (Phi) is 3.40. The number of nitrogens with zero attached hydrogens (tertiary/aromatic N) is 3. The largest absolute Gasteiger partial charge is 0.336 e. The van der Waals surface area contributed by atoms with E-state index < -0.39 is 0 Å². The molecule has 1 fully saturated rings. The molecule has 3 rings (SSSR count). The molecule has 2 heterocycles. The van der Waals surface area contributed by atoms with E-state index in [9.17, 15) is 4.39 Å². The Morgan fingerprint density at radius 1 is 1.25 bits per heavy atom. The zero-order valence-corrected chi connectivity index (χ0v) is 11.6. The maximum Gasteiger partial charge on any atom is 0.245 e. The van der Waals surface area contributed by atoms with Gasteiger partial charge in [0.25, 0.3) is 0 Å². The van der Waals surface area contributed by atoms with Crippen LogP contribution in [0.1, 0.15) is 13.8 Å². The van der Waals surface area contributed by atoms with Gasteiger partial charge in [0.05, 0.1) is 0 Å². The van der Waals surface area contributed by atoms with Crippen LogP contribution in [0.15, 0.2) is 24.3 Å². The van der Waals surface area contributed by atoms with Crippen LogP contribution in [0.25, 0.3) is 11.4 Å². The molecule has 20 heavy (non-hydrogen) atoms. The summed E-state index contributed by atoms with van der Waals surface area (Å²) in [5.41, 5.74) is 0.708. The zero-order valence-electron chi connectivity index (χ0n) is 11.6. The Bertz CT molecular complexity index is 587. The van der Waals surface area contributed by atoms with Crippen LogP contribution in [0.5, 0.6) is 0 Å². The summed E-state index contributed by atoms with van der Waals surface area (Å²) >= 11 is 0. The first-order valence-electron chi connectivity index (χ1n) is 6.81. The van der Waals surface area contributed by atoms with E-state index in [2.05, 4.69) is 39.2 Å². The van der Waals surface area contributed by atoms with Crippen LogP contribution in [-0.4, -0.2) is 40.4 Å². The van der Waals surface area contributed by atoms with E-state index in [4.69, 9.17) is 0 Å². The minimum atomic E-state index is -0.273. The van der Waals surface area contributed by atoms with Crippen molar-refractivity contribution in [1.82, 2.24) is 20.5 Å². The number of nitrogens with one attached hydrogen (secondary N) is 2. The Hall–Kier alpha value is -1.95. The van der Waals surface area contributed by atoms with Crippen molar-refractivity contribution in [2.24, 2.45) is 0 Å². The topological polar surface area (TPSA) is 56.8 Å². The molecule has 1 saturated heterocycles. The number of anilines is 1. The number of hydrogen-bond acceptors (Lipinski definition) is 4. The predicted molar refractivity (Wildman–Crippen MR) is 76.0 cm³/mol. The normalized spacial score (nSPS) is 23.1. The number of H-pyrrole nitrogens is 1. The summed E-state index contributed by atoms with van der Waals surface area (Å²) in [7, 11) is 0. The van der Waals surface area contributed by atoms with E-state index >= 15 is 0 Å². The van der Waals surface area contributed by atoms with Crippen LogP contribution in [0.3, 0.4) is 0 Å². The van der Waals surface area contributed by atoms with Gasteiger partial charge in [-0.3, -0.25) is 5.10 Å².